The summed E-state index contributed by atoms with van der Waals surface area (Å²) >= 11 is 5.66. The van der Waals surface area contributed by atoms with E-state index in [-0.39, 0.29) is 17.0 Å². The molecule has 0 fully saturated rings. The van der Waals surface area contributed by atoms with Crippen LogP contribution < -0.4 is 0 Å². The molecule has 0 aromatic heterocycles. The lowest BCUT2D eigenvalue weighted by Gasteiger charge is -2.01. The van der Waals surface area contributed by atoms with Crippen LogP contribution in [0.4, 0.5) is 4.39 Å². The van der Waals surface area contributed by atoms with Crippen molar-refractivity contribution in [1.29, 1.82) is 0 Å². The van der Waals surface area contributed by atoms with Crippen LogP contribution in [0.25, 0.3) is 0 Å². The highest BCUT2D eigenvalue weighted by molar-refractivity contribution is 6.33. The van der Waals surface area contributed by atoms with Gasteiger partial charge < -0.3 is 5.11 Å². The molecule has 0 heterocycles. The highest BCUT2D eigenvalue weighted by atomic mass is 35.5. The second-order valence-electron chi connectivity index (χ2n) is 2.56. The van der Waals surface area contributed by atoms with E-state index >= 15 is 0 Å². The summed E-state index contributed by atoms with van der Waals surface area (Å²) in [5.74, 6) is -1.07. The van der Waals surface area contributed by atoms with Gasteiger partial charge in [-0.05, 0) is 17.7 Å². The molecule has 0 spiro atoms. The summed E-state index contributed by atoms with van der Waals surface area (Å²) in [4.78, 5) is 10.5. The normalized spacial score (nSPS) is 10.0. The van der Waals surface area contributed by atoms with Gasteiger partial charge in [-0.2, -0.15) is 0 Å². The first-order valence-corrected chi connectivity index (χ1v) is 4.10. The lowest BCUT2D eigenvalue weighted by atomic mass is 10.1. The Morgan fingerprint density at radius 3 is 2.69 bits per heavy atom. The lowest BCUT2D eigenvalue weighted by Crippen LogP contribution is -1.98. The van der Waals surface area contributed by atoms with Gasteiger partial charge in [-0.25, -0.2) is 4.79 Å². The zero-order valence-electron chi connectivity index (χ0n) is 6.76. The number of halogens is 2. The average Bonchev–Trinajstić information content (AvgIpc) is 2.04. The molecule has 0 atom stereocenters. The Bertz CT molecular complexity index is 325. The van der Waals surface area contributed by atoms with E-state index < -0.39 is 12.6 Å². The van der Waals surface area contributed by atoms with Crippen molar-refractivity contribution in [3.05, 3.63) is 34.3 Å². The number of benzene rings is 1. The van der Waals surface area contributed by atoms with E-state index in [1.54, 1.807) is 6.07 Å². The zero-order valence-corrected chi connectivity index (χ0v) is 7.51. The molecule has 0 saturated carbocycles. The summed E-state index contributed by atoms with van der Waals surface area (Å²) in [5, 5.41) is 8.78. The summed E-state index contributed by atoms with van der Waals surface area (Å²) < 4.78 is 11.9. The van der Waals surface area contributed by atoms with Gasteiger partial charge in [0.25, 0.3) is 0 Å². The number of aryl methyl sites for hydroxylation is 1. The molecule has 1 rings (SSSR count). The van der Waals surface area contributed by atoms with Crippen LogP contribution in [0.1, 0.15) is 15.9 Å². The lowest BCUT2D eigenvalue weighted by molar-refractivity contribution is 0.0697. The van der Waals surface area contributed by atoms with Gasteiger partial charge in [0, 0.05) is 6.42 Å². The van der Waals surface area contributed by atoms with Gasteiger partial charge >= 0.3 is 5.97 Å². The topological polar surface area (TPSA) is 37.3 Å². The molecule has 2 nitrogen and oxygen atoms in total. The maximum Gasteiger partial charge on any atom is 0.337 e. The summed E-state index contributed by atoms with van der Waals surface area (Å²) in [6.07, 6.45) is 0.264. The first-order chi connectivity index (χ1) is 6.15. The van der Waals surface area contributed by atoms with Gasteiger partial charge in [0.15, 0.2) is 0 Å². The van der Waals surface area contributed by atoms with Crippen LogP contribution in [0, 0.1) is 0 Å². The number of rotatable bonds is 3. The largest absolute Gasteiger partial charge is 0.478 e. The second kappa shape index (κ2) is 4.23. The molecule has 0 saturated heterocycles. The molecular formula is C9H8ClFO2. The third kappa shape index (κ3) is 2.42. The van der Waals surface area contributed by atoms with E-state index in [2.05, 4.69) is 0 Å². The van der Waals surface area contributed by atoms with E-state index in [1.807, 2.05) is 0 Å². The van der Waals surface area contributed by atoms with E-state index in [0.29, 0.717) is 5.56 Å². The van der Waals surface area contributed by atoms with E-state index in [4.69, 9.17) is 16.7 Å². The third-order valence-electron chi connectivity index (χ3n) is 1.65. The van der Waals surface area contributed by atoms with Crippen molar-refractivity contribution >= 4 is 17.6 Å². The molecule has 0 radical (unpaired) electrons. The SMILES string of the molecule is O=C(O)c1ccc(CCF)cc1Cl. The minimum Gasteiger partial charge on any atom is -0.478 e. The van der Waals surface area contributed by atoms with Crippen LogP contribution in [0.2, 0.25) is 5.02 Å². The number of carboxylic acids is 1. The zero-order chi connectivity index (χ0) is 9.84. The van der Waals surface area contributed by atoms with Crippen LogP contribution >= 0.6 is 11.6 Å². The predicted octanol–water partition coefficient (Wildman–Crippen LogP) is 2.55. The monoisotopic (exact) mass is 202 g/mol. The molecule has 4 heteroatoms. The Labute approximate surface area is 80.0 Å². The Kier molecular flexibility index (Phi) is 3.25. The molecule has 13 heavy (non-hydrogen) atoms. The van der Waals surface area contributed by atoms with Crippen molar-refractivity contribution in [2.24, 2.45) is 0 Å². The average molecular weight is 203 g/mol. The van der Waals surface area contributed by atoms with Gasteiger partial charge in [0.1, 0.15) is 0 Å². The standard InChI is InChI=1S/C9H8ClFO2/c10-8-5-6(3-4-11)1-2-7(8)9(12)13/h1-2,5H,3-4H2,(H,12,13). The first-order valence-electron chi connectivity index (χ1n) is 3.73. The molecule has 0 unspecified atom stereocenters. The Balaban J connectivity index is 2.98. The molecule has 1 aromatic rings. The molecule has 0 bridgehead atoms. The molecule has 70 valence electrons. The van der Waals surface area contributed by atoms with Crippen molar-refractivity contribution in [3.63, 3.8) is 0 Å². The number of carbonyl (C=O) groups is 1. The van der Waals surface area contributed by atoms with Gasteiger partial charge in [-0.1, -0.05) is 17.7 Å². The van der Waals surface area contributed by atoms with Gasteiger partial charge in [-0.15, -0.1) is 0 Å². The van der Waals surface area contributed by atoms with Crippen molar-refractivity contribution < 1.29 is 14.3 Å². The fourth-order valence-electron chi connectivity index (χ4n) is 0.997. The van der Waals surface area contributed by atoms with Crippen LogP contribution in [0.3, 0.4) is 0 Å². The molecular weight excluding hydrogens is 195 g/mol. The summed E-state index contributed by atoms with van der Waals surface area (Å²) in [6.45, 7) is -0.469. The summed E-state index contributed by atoms with van der Waals surface area (Å²) in [6, 6.07) is 4.43. The summed E-state index contributed by atoms with van der Waals surface area (Å²) in [5.41, 5.74) is 0.752. The summed E-state index contributed by atoms with van der Waals surface area (Å²) in [7, 11) is 0. The first kappa shape index (κ1) is 9.99. The minimum atomic E-state index is -1.07. The molecule has 1 aromatic carbocycles. The second-order valence-corrected chi connectivity index (χ2v) is 2.97. The quantitative estimate of drug-likeness (QED) is 0.818. The van der Waals surface area contributed by atoms with Gasteiger partial charge in [0.2, 0.25) is 0 Å². The van der Waals surface area contributed by atoms with Crippen LogP contribution in [-0.4, -0.2) is 17.8 Å². The number of aromatic carboxylic acids is 1. The van der Waals surface area contributed by atoms with Gasteiger partial charge in [0.05, 0.1) is 17.3 Å². The molecule has 0 aliphatic rings. The molecule has 0 aliphatic heterocycles. The number of hydrogen-bond acceptors (Lipinski definition) is 1. The highest BCUT2D eigenvalue weighted by Gasteiger charge is 2.08. The Hall–Kier alpha value is -1.09. The van der Waals surface area contributed by atoms with E-state index in [1.165, 1.54) is 12.1 Å². The van der Waals surface area contributed by atoms with E-state index in [0.717, 1.165) is 0 Å². The van der Waals surface area contributed by atoms with Crippen LogP contribution in [-0.2, 0) is 6.42 Å². The molecule has 0 aliphatic carbocycles. The predicted molar refractivity (Wildman–Crippen MR) is 48.1 cm³/mol. The number of alkyl halides is 1. The van der Waals surface area contributed by atoms with E-state index in [9.17, 15) is 9.18 Å². The van der Waals surface area contributed by atoms with Crippen molar-refractivity contribution in [3.8, 4) is 0 Å². The maximum atomic E-state index is 11.9. The van der Waals surface area contributed by atoms with Crippen molar-refractivity contribution in [1.82, 2.24) is 0 Å². The van der Waals surface area contributed by atoms with Crippen LogP contribution in [0.15, 0.2) is 18.2 Å². The highest BCUT2D eigenvalue weighted by Crippen LogP contribution is 2.18. The fraction of sp³-hybridized carbons (Fsp3) is 0.222. The molecule has 0 amide bonds. The molecule has 1 N–H and O–H groups in total. The third-order valence-corrected chi connectivity index (χ3v) is 1.96. The van der Waals surface area contributed by atoms with Crippen molar-refractivity contribution in [2.45, 2.75) is 6.42 Å². The minimum absolute atomic E-state index is 0.0456. The number of hydrogen-bond donors (Lipinski definition) is 1. The van der Waals surface area contributed by atoms with Crippen LogP contribution in [0.5, 0.6) is 0 Å². The Morgan fingerprint density at radius 2 is 2.23 bits per heavy atom. The fourth-order valence-corrected chi connectivity index (χ4v) is 1.28. The van der Waals surface area contributed by atoms with Gasteiger partial charge in [-0.3, -0.25) is 4.39 Å². The van der Waals surface area contributed by atoms with Crippen molar-refractivity contribution in [2.75, 3.05) is 6.67 Å². The smallest absolute Gasteiger partial charge is 0.337 e. The number of carboxylic acid groups (broad SMARTS) is 1. The Morgan fingerprint density at radius 1 is 1.54 bits per heavy atom. The maximum absolute atomic E-state index is 11.9.